The first-order valence-corrected chi connectivity index (χ1v) is 17.6. The second kappa shape index (κ2) is 20.8. The lowest BCUT2D eigenvalue weighted by atomic mass is 10.0. The third-order valence-electron chi connectivity index (χ3n) is 7.23. The minimum absolute atomic E-state index is 0.0469. The predicted molar refractivity (Wildman–Crippen MR) is 210 cm³/mol. The number of nitrogens with one attached hydrogen (secondary N) is 2. The molecule has 12 nitrogen and oxygen atoms in total. The molecule has 52 heavy (non-hydrogen) atoms. The van der Waals surface area contributed by atoms with E-state index in [4.69, 9.17) is 21.1 Å². The highest BCUT2D eigenvalue weighted by molar-refractivity contribution is 6.33. The zero-order valence-electron chi connectivity index (χ0n) is 32.0. The van der Waals surface area contributed by atoms with Gasteiger partial charge in [-0.2, -0.15) is 4.98 Å². The van der Waals surface area contributed by atoms with E-state index < -0.39 is 11.7 Å². The molecule has 0 spiro atoms. The third kappa shape index (κ3) is 13.0. The fraction of sp³-hybridized carbons (Fsp3) is 0.410. The molecule has 0 fully saturated rings. The molecule has 0 atom stereocenters. The number of halogens is 1. The number of aromatic nitrogens is 5. The Bertz CT molecular complexity index is 1930. The summed E-state index contributed by atoms with van der Waals surface area (Å²) in [4.78, 5) is 53.5. The number of alkyl carbamates (subject to hydrolysis) is 1. The first-order valence-electron chi connectivity index (χ1n) is 17.3. The molecule has 0 saturated heterocycles. The van der Waals surface area contributed by atoms with Gasteiger partial charge in [-0.1, -0.05) is 50.2 Å². The second-order valence-corrected chi connectivity index (χ2v) is 12.7. The topological polar surface area (TPSA) is 150 Å². The van der Waals surface area contributed by atoms with Crippen LogP contribution in [0.5, 0.6) is 0 Å². The van der Waals surface area contributed by atoms with Crippen LogP contribution in [-0.4, -0.2) is 68.3 Å². The van der Waals surface area contributed by atoms with Crippen molar-refractivity contribution in [3.05, 3.63) is 87.7 Å². The number of aryl methyl sites for hydroxylation is 2. The number of pyridine rings is 1. The van der Waals surface area contributed by atoms with Crippen molar-refractivity contribution in [3.63, 3.8) is 0 Å². The molecule has 4 aromatic rings. The van der Waals surface area contributed by atoms with Gasteiger partial charge in [-0.25, -0.2) is 14.8 Å². The normalized spacial score (nSPS) is 11.1. The molecule has 0 bridgehead atoms. The van der Waals surface area contributed by atoms with E-state index in [2.05, 4.69) is 37.1 Å². The number of fused-ring (bicyclic) bond motifs is 1. The van der Waals surface area contributed by atoms with Gasteiger partial charge in [0.1, 0.15) is 11.2 Å². The molecule has 1 amide bonds. The van der Waals surface area contributed by atoms with Crippen LogP contribution in [-0.2, 0) is 20.8 Å². The number of benzene rings is 1. The lowest BCUT2D eigenvalue weighted by molar-refractivity contribution is -0.113. The van der Waals surface area contributed by atoms with E-state index in [-0.39, 0.29) is 11.3 Å². The van der Waals surface area contributed by atoms with E-state index in [1.54, 1.807) is 56.1 Å². The van der Waals surface area contributed by atoms with Crippen molar-refractivity contribution in [1.29, 1.82) is 0 Å². The molecule has 0 unspecified atom stereocenters. The van der Waals surface area contributed by atoms with Gasteiger partial charge in [-0.05, 0) is 73.1 Å². The summed E-state index contributed by atoms with van der Waals surface area (Å²) in [6, 6.07) is 7.26. The molecule has 13 heteroatoms. The van der Waals surface area contributed by atoms with Gasteiger partial charge in [0.25, 0.3) is 5.56 Å². The minimum atomic E-state index is -0.546. The summed E-state index contributed by atoms with van der Waals surface area (Å²) in [6.45, 7) is 24.0. The smallest absolute Gasteiger partial charge is 0.407 e. The zero-order chi connectivity index (χ0) is 39.0. The molecule has 0 saturated carbocycles. The molecule has 3 aromatic heterocycles. The largest absolute Gasteiger partial charge is 0.444 e. The van der Waals surface area contributed by atoms with Crippen LogP contribution in [0.25, 0.3) is 33.4 Å². The molecule has 0 radical (unpaired) electrons. The van der Waals surface area contributed by atoms with Crippen LogP contribution in [0.15, 0.2) is 71.5 Å². The van der Waals surface area contributed by atoms with Crippen LogP contribution >= 0.6 is 11.6 Å². The standard InChI is InChI=1S/C29H34ClN7O4.C8H12O.C2H6/c1-6-37-25-20(16-34-27(36-25)32-9-11-40-12-10-33-28(39)41-29(3,4)5)13-22(26(37)38)21-8-7-19(14-23(21)30)24-17-31-15-18(2)35-24;1-5-6(2)7(3)8(4)9;1-2/h7-8,13-17H,6,9-12H2,1-5H3,(H,33,39)(H,32,34,36);5H,3H2,1-2,4H3;1-2H3/b;6-5+;. The van der Waals surface area contributed by atoms with Crippen molar-refractivity contribution >= 4 is 40.5 Å². The average molecular weight is 734 g/mol. The van der Waals surface area contributed by atoms with Gasteiger partial charge in [0.2, 0.25) is 5.95 Å². The van der Waals surface area contributed by atoms with Crippen LogP contribution in [0.2, 0.25) is 5.02 Å². The van der Waals surface area contributed by atoms with E-state index in [0.29, 0.717) is 77.2 Å². The van der Waals surface area contributed by atoms with Crippen molar-refractivity contribution in [2.45, 2.75) is 81.4 Å². The monoisotopic (exact) mass is 733 g/mol. The number of ketones is 1. The number of ether oxygens (including phenoxy) is 2. The van der Waals surface area contributed by atoms with Crippen molar-refractivity contribution in [3.8, 4) is 22.4 Å². The van der Waals surface area contributed by atoms with Crippen molar-refractivity contribution < 1.29 is 19.1 Å². The highest BCUT2D eigenvalue weighted by atomic mass is 35.5. The Kier molecular flexibility index (Phi) is 17.3. The fourth-order valence-electron chi connectivity index (χ4n) is 4.55. The fourth-order valence-corrected chi connectivity index (χ4v) is 4.84. The molecule has 3 heterocycles. The Morgan fingerprint density at radius 1 is 1.02 bits per heavy atom. The number of nitrogens with zero attached hydrogens (tertiary/aromatic N) is 5. The first kappa shape index (κ1) is 43.2. The molecule has 4 rings (SSSR count). The Balaban J connectivity index is 0.000000743. The first-order chi connectivity index (χ1) is 24.6. The lowest BCUT2D eigenvalue weighted by Crippen LogP contribution is -2.34. The van der Waals surface area contributed by atoms with Crippen molar-refractivity contribution in [1.82, 2.24) is 29.8 Å². The highest BCUT2D eigenvalue weighted by Gasteiger charge is 2.17. The second-order valence-electron chi connectivity index (χ2n) is 12.3. The number of Topliss-reactive ketones (excluding diaryl/α,β-unsaturated/α-hetero) is 1. The summed E-state index contributed by atoms with van der Waals surface area (Å²) in [5.74, 6) is 0.426. The summed E-state index contributed by atoms with van der Waals surface area (Å²) in [6.07, 6.45) is 6.44. The van der Waals surface area contributed by atoms with Gasteiger partial charge in [0, 0.05) is 64.7 Å². The number of rotatable bonds is 12. The zero-order valence-corrected chi connectivity index (χ0v) is 32.8. The van der Waals surface area contributed by atoms with Crippen LogP contribution < -0.4 is 16.2 Å². The van der Waals surface area contributed by atoms with E-state index >= 15 is 0 Å². The van der Waals surface area contributed by atoms with Crippen molar-refractivity contribution in [2.75, 3.05) is 31.6 Å². The molecule has 280 valence electrons. The van der Waals surface area contributed by atoms with Crippen LogP contribution in [0.1, 0.15) is 68.0 Å². The summed E-state index contributed by atoms with van der Waals surface area (Å²) in [5.41, 5.74) is 4.74. The number of hydrogen-bond donors (Lipinski definition) is 2. The van der Waals surface area contributed by atoms with Gasteiger partial charge >= 0.3 is 6.09 Å². The number of amides is 1. The van der Waals surface area contributed by atoms with E-state index in [0.717, 1.165) is 16.8 Å². The maximum atomic E-state index is 13.5. The highest BCUT2D eigenvalue weighted by Crippen LogP contribution is 2.31. The number of carbonyl (C=O) groups is 2. The van der Waals surface area contributed by atoms with Gasteiger partial charge in [-0.15, -0.1) is 0 Å². The Labute approximate surface area is 311 Å². The molecule has 0 aliphatic rings. The van der Waals surface area contributed by atoms with E-state index in [9.17, 15) is 14.4 Å². The quantitative estimate of drug-likeness (QED) is 0.0834. The van der Waals surface area contributed by atoms with Gasteiger partial charge < -0.3 is 20.1 Å². The molecule has 1 aromatic carbocycles. The summed E-state index contributed by atoms with van der Waals surface area (Å²) >= 11 is 6.66. The minimum Gasteiger partial charge on any atom is -0.444 e. The summed E-state index contributed by atoms with van der Waals surface area (Å²) in [5, 5.41) is 6.90. The predicted octanol–water partition coefficient (Wildman–Crippen LogP) is 7.97. The molecular weight excluding hydrogens is 682 g/mol. The number of allylic oxidation sites excluding steroid dienone is 3. The number of anilines is 1. The average Bonchev–Trinajstić information content (AvgIpc) is 3.10. The van der Waals surface area contributed by atoms with Crippen LogP contribution in [0, 0.1) is 6.92 Å². The third-order valence-corrected chi connectivity index (χ3v) is 7.54. The number of hydrogen-bond acceptors (Lipinski definition) is 10. The van der Waals surface area contributed by atoms with Gasteiger partial charge in [0.05, 0.1) is 30.8 Å². The summed E-state index contributed by atoms with van der Waals surface area (Å²) < 4.78 is 12.3. The molecular formula is C39H52ClN7O5. The van der Waals surface area contributed by atoms with Crippen LogP contribution in [0.3, 0.4) is 0 Å². The maximum Gasteiger partial charge on any atom is 0.407 e. The van der Waals surface area contributed by atoms with Crippen LogP contribution in [0.4, 0.5) is 10.7 Å². The molecule has 2 N–H and O–H groups in total. The van der Waals surface area contributed by atoms with Gasteiger partial charge in [-0.3, -0.25) is 19.1 Å². The lowest BCUT2D eigenvalue weighted by Gasteiger charge is -2.19. The Morgan fingerprint density at radius 2 is 1.71 bits per heavy atom. The molecule has 0 aliphatic carbocycles. The number of carbonyl (C=O) groups excluding carboxylic acids is 2. The van der Waals surface area contributed by atoms with E-state index in [1.165, 1.54) is 6.92 Å². The Morgan fingerprint density at radius 3 is 2.29 bits per heavy atom. The summed E-state index contributed by atoms with van der Waals surface area (Å²) in [7, 11) is 0. The van der Waals surface area contributed by atoms with Gasteiger partial charge in [0.15, 0.2) is 5.78 Å². The Hall–Kier alpha value is -4.94. The molecule has 0 aliphatic heterocycles. The maximum absolute atomic E-state index is 13.5. The van der Waals surface area contributed by atoms with Crippen molar-refractivity contribution in [2.24, 2.45) is 0 Å². The van der Waals surface area contributed by atoms with E-state index in [1.807, 2.05) is 59.8 Å². The SMILES string of the molecule is C=C(C(C)=O)/C(C)=C/C.CC.CCn1c(=O)c(-c2ccc(-c3cncc(C)n3)cc2Cl)cc2cnc(NCCOCCNC(=O)OC(C)(C)C)nc21.